The fraction of sp³-hybridized carbons (Fsp3) is 0. The monoisotopic (exact) mass is 331 g/mol. The van der Waals surface area contributed by atoms with E-state index in [2.05, 4.69) is 102 Å². The van der Waals surface area contributed by atoms with Gasteiger partial charge in [-0.2, -0.15) is 0 Å². The molecule has 0 saturated heterocycles. The molecule has 0 aliphatic rings. The van der Waals surface area contributed by atoms with Gasteiger partial charge in [-0.1, -0.05) is 72.8 Å². The summed E-state index contributed by atoms with van der Waals surface area (Å²) in [6.07, 6.45) is 1.90. The molecule has 0 aliphatic carbocycles. The molecular weight excluding hydrogens is 314 g/mol. The first kappa shape index (κ1) is 14.9. The summed E-state index contributed by atoms with van der Waals surface area (Å²) in [6, 6.07) is 34.3. The van der Waals surface area contributed by atoms with Crippen LogP contribution in [0.3, 0.4) is 0 Å². The average Bonchev–Trinajstić information content (AvgIpc) is 2.73. The van der Waals surface area contributed by atoms with Crippen LogP contribution in [-0.2, 0) is 0 Å². The van der Waals surface area contributed by atoms with Crippen molar-refractivity contribution >= 4 is 21.5 Å². The van der Waals surface area contributed by atoms with E-state index in [0.717, 1.165) is 11.3 Å². The highest BCUT2D eigenvalue weighted by Crippen LogP contribution is 2.28. The lowest BCUT2D eigenvalue weighted by molar-refractivity contribution is 1.33. The molecule has 26 heavy (non-hydrogen) atoms. The number of benzene rings is 4. The van der Waals surface area contributed by atoms with E-state index in [4.69, 9.17) is 0 Å². The van der Waals surface area contributed by atoms with Crippen molar-refractivity contribution in [2.45, 2.75) is 0 Å². The minimum absolute atomic E-state index is 1.00. The van der Waals surface area contributed by atoms with Crippen LogP contribution in [-0.4, -0.2) is 4.98 Å². The minimum atomic E-state index is 1.00. The molecule has 0 unspecified atom stereocenters. The first-order valence-corrected chi connectivity index (χ1v) is 8.81. The van der Waals surface area contributed by atoms with Crippen molar-refractivity contribution in [3.63, 3.8) is 0 Å². The van der Waals surface area contributed by atoms with Crippen LogP contribution in [0.25, 0.3) is 43.9 Å². The fourth-order valence-electron chi connectivity index (χ4n) is 3.49. The molecule has 0 amide bonds. The Bertz CT molecular complexity index is 1140. The SMILES string of the molecule is c1ccc2cc(-c3ccnc(-c4ccc5ccccc5c4)c3)ccc2c1. The Morgan fingerprint density at radius 3 is 1.65 bits per heavy atom. The minimum Gasteiger partial charge on any atom is -0.256 e. The van der Waals surface area contributed by atoms with Gasteiger partial charge < -0.3 is 0 Å². The third-order valence-electron chi connectivity index (χ3n) is 4.89. The maximum atomic E-state index is 4.60. The van der Waals surface area contributed by atoms with Crippen molar-refractivity contribution in [3.8, 4) is 22.4 Å². The van der Waals surface area contributed by atoms with E-state index in [1.54, 1.807) is 0 Å². The Hall–Kier alpha value is -3.45. The Kier molecular flexibility index (Phi) is 3.50. The van der Waals surface area contributed by atoms with Crippen LogP contribution in [0.2, 0.25) is 0 Å². The molecule has 0 atom stereocenters. The van der Waals surface area contributed by atoms with Gasteiger partial charge in [-0.05, 0) is 56.9 Å². The van der Waals surface area contributed by atoms with Crippen molar-refractivity contribution in [2.24, 2.45) is 0 Å². The van der Waals surface area contributed by atoms with Crippen LogP contribution in [0.1, 0.15) is 0 Å². The number of hydrogen-bond acceptors (Lipinski definition) is 1. The van der Waals surface area contributed by atoms with Gasteiger partial charge in [-0.3, -0.25) is 4.98 Å². The lowest BCUT2D eigenvalue weighted by Gasteiger charge is -2.08. The Morgan fingerprint density at radius 1 is 0.423 bits per heavy atom. The van der Waals surface area contributed by atoms with Crippen molar-refractivity contribution in [1.29, 1.82) is 0 Å². The van der Waals surface area contributed by atoms with Crippen molar-refractivity contribution in [3.05, 3.63) is 103 Å². The maximum absolute atomic E-state index is 4.60. The quantitative estimate of drug-likeness (QED) is 0.350. The highest BCUT2D eigenvalue weighted by atomic mass is 14.7. The van der Waals surface area contributed by atoms with E-state index in [1.807, 2.05) is 6.20 Å². The maximum Gasteiger partial charge on any atom is 0.0708 e. The van der Waals surface area contributed by atoms with Crippen LogP contribution in [0.4, 0.5) is 0 Å². The van der Waals surface area contributed by atoms with Crippen LogP contribution >= 0.6 is 0 Å². The lowest BCUT2D eigenvalue weighted by Crippen LogP contribution is -1.86. The van der Waals surface area contributed by atoms with E-state index < -0.39 is 0 Å². The second-order valence-corrected chi connectivity index (χ2v) is 6.55. The van der Waals surface area contributed by atoms with Gasteiger partial charge in [0.25, 0.3) is 0 Å². The number of pyridine rings is 1. The molecule has 1 heterocycles. The van der Waals surface area contributed by atoms with Crippen molar-refractivity contribution < 1.29 is 0 Å². The van der Waals surface area contributed by atoms with Gasteiger partial charge in [0.15, 0.2) is 0 Å². The zero-order valence-electron chi connectivity index (χ0n) is 14.3. The highest BCUT2D eigenvalue weighted by molar-refractivity contribution is 5.89. The number of fused-ring (bicyclic) bond motifs is 2. The standard InChI is InChI=1S/C25H17N/c1-3-7-20-15-22(11-9-18(20)5-1)23-13-14-26-25(17-23)24-12-10-19-6-2-4-8-21(19)16-24/h1-17H. The first-order valence-electron chi connectivity index (χ1n) is 8.81. The summed E-state index contributed by atoms with van der Waals surface area (Å²) < 4.78 is 0. The predicted molar refractivity (Wildman–Crippen MR) is 110 cm³/mol. The largest absolute Gasteiger partial charge is 0.256 e. The number of rotatable bonds is 2. The summed E-state index contributed by atoms with van der Waals surface area (Å²) in [7, 11) is 0. The number of hydrogen-bond donors (Lipinski definition) is 0. The van der Waals surface area contributed by atoms with Crippen LogP contribution in [0.15, 0.2) is 103 Å². The molecule has 0 bridgehead atoms. The van der Waals surface area contributed by atoms with Gasteiger partial charge in [-0.15, -0.1) is 0 Å². The van der Waals surface area contributed by atoms with Gasteiger partial charge in [-0.25, -0.2) is 0 Å². The predicted octanol–water partition coefficient (Wildman–Crippen LogP) is 6.72. The molecule has 0 fully saturated rings. The molecule has 5 rings (SSSR count). The highest BCUT2D eigenvalue weighted by Gasteiger charge is 2.05. The topological polar surface area (TPSA) is 12.9 Å². The van der Waals surface area contributed by atoms with Gasteiger partial charge in [0.05, 0.1) is 5.69 Å². The van der Waals surface area contributed by atoms with E-state index in [1.165, 1.54) is 32.7 Å². The van der Waals surface area contributed by atoms with Crippen molar-refractivity contribution in [2.75, 3.05) is 0 Å². The van der Waals surface area contributed by atoms with Crippen LogP contribution in [0, 0.1) is 0 Å². The number of nitrogens with zero attached hydrogens (tertiary/aromatic N) is 1. The molecule has 0 saturated carbocycles. The Morgan fingerprint density at radius 2 is 0.962 bits per heavy atom. The second-order valence-electron chi connectivity index (χ2n) is 6.55. The van der Waals surface area contributed by atoms with E-state index in [-0.39, 0.29) is 0 Å². The summed E-state index contributed by atoms with van der Waals surface area (Å²) in [6.45, 7) is 0. The van der Waals surface area contributed by atoms with E-state index >= 15 is 0 Å². The van der Waals surface area contributed by atoms with Gasteiger partial charge >= 0.3 is 0 Å². The molecular formula is C25H17N. The fourth-order valence-corrected chi connectivity index (χ4v) is 3.49. The van der Waals surface area contributed by atoms with Gasteiger partial charge in [0.2, 0.25) is 0 Å². The van der Waals surface area contributed by atoms with E-state index in [9.17, 15) is 0 Å². The van der Waals surface area contributed by atoms with E-state index in [0.29, 0.717) is 0 Å². The lowest BCUT2D eigenvalue weighted by atomic mass is 9.99. The van der Waals surface area contributed by atoms with Gasteiger partial charge in [0.1, 0.15) is 0 Å². The van der Waals surface area contributed by atoms with Crippen LogP contribution in [0.5, 0.6) is 0 Å². The molecule has 5 aromatic rings. The molecule has 0 spiro atoms. The summed E-state index contributed by atoms with van der Waals surface area (Å²) in [5.74, 6) is 0. The molecule has 1 nitrogen and oxygen atoms in total. The molecule has 0 aliphatic heterocycles. The summed E-state index contributed by atoms with van der Waals surface area (Å²) in [4.78, 5) is 4.60. The second kappa shape index (κ2) is 6.12. The molecule has 1 aromatic heterocycles. The third kappa shape index (κ3) is 2.64. The Labute approximate surface area is 152 Å². The van der Waals surface area contributed by atoms with Gasteiger partial charge in [0, 0.05) is 11.8 Å². The smallest absolute Gasteiger partial charge is 0.0708 e. The average molecular weight is 331 g/mol. The summed E-state index contributed by atoms with van der Waals surface area (Å²) >= 11 is 0. The molecule has 1 heteroatoms. The number of aromatic nitrogens is 1. The molecule has 4 aromatic carbocycles. The normalized spacial score (nSPS) is 11.1. The molecule has 0 N–H and O–H groups in total. The summed E-state index contributed by atoms with van der Waals surface area (Å²) in [5, 5.41) is 5.01. The third-order valence-corrected chi connectivity index (χ3v) is 4.89. The Balaban J connectivity index is 1.60. The molecule has 122 valence electrons. The zero-order chi connectivity index (χ0) is 17.3. The summed E-state index contributed by atoms with van der Waals surface area (Å²) in [5.41, 5.74) is 4.55. The van der Waals surface area contributed by atoms with Crippen LogP contribution < -0.4 is 0 Å². The zero-order valence-corrected chi connectivity index (χ0v) is 14.3. The van der Waals surface area contributed by atoms with Crippen molar-refractivity contribution in [1.82, 2.24) is 4.98 Å². The molecule has 0 radical (unpaired) electrons. The first-order chi connectivity index (χ1) is 12.9.